The number of benzene rings is 2. The summed E-state index contributed by atoms with van der Waals surface area (Å²) in [6.07, 6.45) is 3.92. The van der Waals surface area contributed by atoms with Gasteiger partial charge in [0, 0.05) is 16.0 Å². The van der Waals surface area contributed by atoms with Crippen LogP contribution in [-0.2, 0) is 23.4 Å². The van der Waals surface area contributed by atoms with Gasteiger partial charge in [-0.3, -0.25) is 0 Å². The van der Waals surface area contributed by atoms with Gasteiger partial charge in [0.1, 0.15) is 5.75 Å². The predicted molar refractivity (Wildman–Crippen MR) is 124 cm³/mol. The van der Waals surface area contributed by atoms with E-state index in [9.17, 15) is 5.11 Å². The molecule has 30 heavy (non-hydrogen) atoms. The Balaban J connectivity index is 1.64. The molecule has 162 valence electrons. The van der Waals surface area contributed by atoms with Crippen LogP contribution in [0.15, 0.2) is 40.9 Å². The summed E-state index contributed by atoms with van der Waals surface area (Å²) < 4.78 is 13.2. The Bertz CT molecular complexity index is 909. The first-order valence-corrected chi connectivity index (χ1v) is 12.1. The number of ether oxygens (including phenoxy) is 2. The molecule has 4 heteroatoms. The molecule has 0 aliphatic carbocycles. The first kappa shape index (κ1) is 21.9. The van der Waals surface area contributed by atoms with Crippen molar-refractivity contribution in [1.29, 1.82) is 0 Å². The maximum absolute atomic E-state index is 11.7. The quantitative estimate of drug-likeness (QED) is 0.573. The van der Waals surface area contributed by atoms with Crippen molar-refractivity contribution in [2.45, 2.75) is 65.3 Å². The number of aryl methyl sites for hydroxylation is 1. The fraction of sp³-hybridized carbons (Fsp3) is 0.538. The van der Waals surface area contributed by atoms with Crippen LogP contribution in [-0.4, -0.2) is 17.8 Å². The Morgan fingerprint density at radius 1 is 1.10 bits per heavy atom. The van der Waals surface area contributed by atoms with Crippen molar-refractivity contribution >= 4 is 15.9 Å². The second kappa shape index (κ2) is 8.64. The number of hydrogen-bond acceptors (Lipinski definition) is 3. The van der Waals surface area contributed by atoms with Gasteiger partial charge in [-0.1, -0.05) is 61.8 Å². The van der Waals surface area contributed by atoms with E-state index in [0.717, 1.165) is 53.6 Å². The van der Waals surface area contributed by atoms with E-state index >= 15 is 0 Å². The molecular formula is C26H33BrO3. The van der Waals surface area contributed by atoms with E-state index in [1.807, 2.05) is 12.1 Å². The fourth-order valence-electron chi connectivity index (χ4n) is 5.06. The van der Waals surface area contributed by atoms with E-state index in [4.69, 9.17) is 9.47 Å². The van der Waals surface area contributed by atoms with Gasteiger partial charge in [0.2, 0.25) is 0 Å². The molecule has 3 nitrogen and oxygen atoms in total. The average Bonchev–Trinajstić information content (AvgIpc) is 2.76. The third kappa shape index (κ3) is 3.94. The zero-order valence-corrected chi connectivity index (χ0v) is 20.0. The van der Waals surface area contributed by atoms with Gasteiger partial charge in [-0.05, 0) is 72.4 Å². The second-order valence-electron chi connectivity index (χ2n) is 9.14. The van der Waals surface area contributed by atoms with Gasteiger partial charge < -0.3 is 14.6 Å². The SMILES string of the molecule is CC[C@H]1OC(O)(c2ccc(Br)c(Cc3ccc4c(c3)CCCO4)c2)[C@H](C)[C@@H](C)[C@@H]1C. The smallest absolute Gasteiger partial charge is 0.195 e. The number of hydrogen-bond donors (Lipinski definition) is 1. The van der Waals surface area contributed by atoms with E-state index in [-0.39, 0.29) is 12.0 Å². The molecule has 0 bridgehead atoms. The van der Waals surface area contributed by atoms with E-state index < -0.39 is 5.79 Å². The molecule has 5 atom stereocenters. The monoisotopic (exact) mass is 472 g/mol. The standard InChI is InChI=1S/C26H33BrO3/c1-5-24-17(3)16(2)18(4)26(28,30-24)22-9-10-23(27)21(15-22)14-19-8-11-25-20(13-19)7-6-12-29-25/h8-11,13,15-18,24,28H,5-7,12,14H2,1-4H3/t16-,17-,18+,24+,26?/m0/s1. The lowest BCUT2D eigenvalue weighted by Crippen LogP contribution is -2.51. The maximum Gasteiger partial charge on any atom is 0.195 e. The highest BCUT2D eigenvalue weighted by atomic mass is 79.9. The van der Waals surface area contributed by atoms with Crippen molar-refractivity contribution in [2.75, 3.05) is 6.61 Å². The second-order valence-corrected chi connectivity index (χ2v) is 10.00. The third-order valence-electron chi connectivity index (χ3n) is 7.38. The Morgan fingerprint density at radius 3 is 2.67 bits per heavy atom. The molecule has 0 spiro atoms. The molecule has 2 aromatic rings. The molecule has 0 amide bonds. The Morgan fingerprint density at radius 2 is 1.90 bits per heavy atom. The minimum Gasteiger partial charge on any atom is -0.493 e. The molecule has 1 saturated heterocycles. The maximum atomic E-state index is 11.7. The van der Waals surface area contributed by atoms with E-state index in [1.54, 1.807) is 0 Å². The number of aliphatic hydroxyl groups is 1. The van der Waals surface area contributed by atoms with Crippen LogP contribution in [0.25, 0.3) is 0 Å². The molecule has 2 aliphatic rings. The molecule has 4 rings (SSSR count). The van der Waals surface area contributed by atoms with Crippen molar-refractivity contribution in [1.82, 2.24) is 0 Å². The normalized spacial score (nSPS) is 31.1. The predicted octanol–water partition coefficient (Wildman–Crippen LogP) is 6.23. The van der Waals surface area contributed by atoms with Gasteiger partial charge in [0.15, 0.2) is 5.79 Å². The Labute approximate surface area is 188 Å². The van der Waals surface area contributed by atoms with Crippen molar-refractivity contribution in [3.05, 3.63) is 63.1 Å². The van der Waals surface area contributed by atoms with E-state index in [2.05, 4.69) is 67.9 Å². The summed E-state index contributed by atoms with van der Waals surface area (Å²) in [5, 5.41) is 11.7. The first-order valence-electron chi connectivity index (χ1n) is 11.3. The summed E-state index contributed by atoms with van der Waals surface area (Å²) in [7, 11) is 0. The molecule has 1 fully saturated rings. The summed E-state index contributed by atoms with van der Waals surface area (Å²) in [4.78, 5) is 0. The van der Waals surface area contributed by atoms with Crippen LogP contribution < -0.4 is 4.74 Å². The third-order valence-corrected chi connectivity index (χ3v) is 8.16. The van der Waals surface area contributed by atoms with Crippen molar-refractivity contribution in [3.8, 4) is 5.75 Å². The van der Waals surface area contributed by atoms with Crippen molar-refractivity contribution in [3.63, 3.8) is 0 Å². The Hall–Kier alpha value is -1.36. The summed E-state index contributed by atoms with van der Waals surface area (Å²) in [5.74, 6) is 0.584. The van der Waals surface area contributed by atoms with Gasteiger partial charge in [-0.25, -0.2) is 0 Å². The zero-order valence-electron chi connectivity index (χ0n) is 18.5. The minimum absolute atomic E-state index is 0.0187. The molecule has 0 aromatic heterocycles. The molecular weight excluding hydrogens is 440 g/mol. The molecule has 1 unspecified atom stereocenters. The lowest BCUT2D eigenvalue weighted by Gasteiger charge is -2.49. The van der Waals surface area contributed by atoms with Crippen LogP contribution in [0.4, 0.5) is 0 Å². The average molecular weight is 473 g/mol. The fourth-order valence-corrected chi connectivity index (χ4v) is 5.45. The highest BCUT2D eigenvalue weighted by molar-refractivity contribution is 9.10. The van der Waals surface area contributed by atoms with Crippen LogP contribution in [0.1, 0.15) is 62.8 Å². The summed E-state index contributed by atoms with van der Waals surface area (Å²) >= 11 is 3.72. The van der Waals surface area contributed by atoms with Gasteiger partial charge in [0.25, 0.3) is 0 Å². The molecule has 1 N–H and O–H groups in total. The van der Waals surface area contributed by atoms with Gasteiger partial charge >= 0.3 is 0 Å². The number of rotatable bonds is 4. The van der Waals surface area contributed by atoms with Crippen LogP contribution in [0.5, 0.6) is 5.75 Å². The van der Waals surface area contributed by atoms with Crippen LogP contribution in [0.3, 0.4) is 0 Å². The number of halogens is 1. The van der Waals surface area contributed by atoms with Crippen molar-refractivity contribution < 1.29 is 14.6 Å². The van der Waals surface area contributed by atoms with Crippen LogP contribution in [0.2, 0.25) is 0 Å². The van der Waals surface area contributed by atoms with Gasteiger partial charge in [-0.15, -0.1) is 0 Å². The van der Waals surface area contributed by atoms with E-state index in [0.29, 0.717) is 11.8 Å². The topological polar surface area (TPSA) is 38.7 Å². The Kier molecular flexibility index (Phi) is 6.30. The molecule has 2 aromatic carbocycles. The van der Waals surface area contributed by atoms with Crippen LogP contribution in [0, 0.1) is 17.8 Å². The van der Waals surface area contributed by atoms with Gasteiger partial charge in [0.05, 0.1) is 12.7 Å². The van der Waals surface area contributed by atoms with Crippen LogP contribution >= 0.6 is 15.9 Å². The largest absolute Gasteiger partial charge is 0.493 e. The highest BCUT2D eigenvalue weighted by Gasteiger charge is 2.49. The first-order chi connectivity index (χ1) is 14.3. The molecule has 0 saturated carbocycles. The lowest BCUT2D eigenvalue weighted by molar-refractivity contribution is -0.316. The lowest BCUT2D eigenvalue weighted by atomic mass is 9.72. The summed E-state index contributed by atoms with van der Waals surface area (Å²) in [6.45, 7) is 9.53. The summed E-state index contributed by atoms with van der Waals surface area (Å²) in [5.41, 5.74) is 4.57. The molecule has 2 aliphatic heterocycles. The summed E-state index contributed by atoms with van der Waals surface area (Å²) in [6, 6.07) is 12.7. The molecule has 2 heterocycles. The highest BCUT2D eigenvalue weighted by Crippen LogP contribution is 2.47. The van der Waals surface area contributed by atoms with E-state index in [1.165, 1.54) is 11.1 Å². The molecule has 0 radical (unpaired) electrons. The number of fused-ring (bicyclic) bond motifs is 1. The minimum atomic E-state index is -1.26. The van der Waals surface area contributed by atoms with Gasteiger partial charge in [-0.2, -0.15) is 0 Å². The zero-order chi connectivity index (χ0) is 21.5. The van der Waals surface area contributed by atoms with Crippen molar-refractivity contribution in [2.24, 2.45) is 17.8 Å².